The lowest BCUT2D eigenvalue weighted by molar-refractivity contribution is -0.143. The number of amides is 3. The average Bonchev–Trinajstić information content (AvgIpc) is 2.86. The molecule has 0 fully saturated rings. The Labute approximate surface area is 217 Å². The quantitative estimate of drug-likeness (QED) is 0.152. The van der Waals surface area contributed by atoms with E-state index in [9.17, 15) is 39.3 Å². The zero-order chi connectivity index (χ0) is 28.2. The lowest BCUT2D eigenvalue weighted by atomic mass is 10.0. The Morgan fingerprint density at radius 3 is 1.76 bits per heavy atom. The van der Waals surface area contributed by atoms with Crippen molar-refractivity contribution in [1.82, 2.24) is 16.0 Å². The Morgan fingerprint density at radius 1 is 0.737 bits per heavy atom. The van der Waals surface area contributed by atoms with Crippen LogP contribution in [0.4, 0.5) is 0 Å². The van der Waals surface area contributed by atoms with Crippen LogP contribution >= 0.6 is 0 Å². The number of carbonyl (C=O) groups excluding carboxylic acids is 3. The van der Waals surface area contributed by atoms with Crippen LogP contribution in [0.5, 0.6) is 11.5 Å². The molecular formula is C25H30N4O9. The molecule has 13 nitrogen and oxygen atoms in total. The highest BCUT2D eigenvalue weighted by molar-refractivity contribution is 5.92. The van der Waals surface area contributed by atoms with Gasteiger partial charge in [-0.2, -0.15) is 0 Å². The lowest BCUT2D eigenvalue weighted by Crippen LogP contribution is -2.54. The molecule has 0 radical (unpaired) electrons. The number of hydrogen-bond donors (Lipinski definition) is 8. The molecule has 0 aliphatic rings. The highest BCUT2D eigenvalue weighted by Crippen LogP contribution is 2.12. The van der Waals surface area contributed by atoms with Crippen LogP contribution in [0.25, 0.3) is 0 Å². The van der Waals surface area contributed by atoms with Gasteiger partial charge in [0.05, 0.1) is 12.6 Å². The molecule has 9 N–H and O–H groups in total. The maximum Gasteiger partial charge on any atom is 0.326 e. The van der Waals surface area contributed by atoms with Crippen molar-refractivity contribution in [2.24, 2.45) is 5.73 Å². The summed E-state index contributed by atoms with van der Waals surface area (Å²) in [6.07, 6.45) is -0.810. The summed E-state index contributed by atoms with van der Waals surface area (Å²) in [4.78, 5) is 60.2. The van der Waals surface area contributed by atoms with Gasteiger partial charge < -0.3 is 42.1 Å². The van der Waals surface area contributed by atoms with E-state index >= 15 is 0 Å². The largest absolute Gasteiger partial charge is 0.508 e. The maximum atomic E-state index is 12.8. The van der Waals surface area contributed by atoms with Crippen LogP contribution in [-0.2, 0) is 36.8 Å². The SMILES string of the molecule is NC(Cc1ccc(O)cc1)C(=O)NCC(=O)NC(CCC(=O)O)C(=O)NC(Cc1ccc(O)cc1)C(=O)O. The molecule has 2 rings (SSSR count). The van der Waals surface area contributed by atoms with Gasteiger partial charge in [-0.1, -0.05) is 24.3 Å². The maximum absolute atomic E-state index is 12.8. The summed E-state index contributed by atoms with van der Waals surface area (Å²) in [5.41, 5.74) is 7.04. The van der Waals surface area contributed by atoms with Crippen LogP contribution in [0, 0.1) is 0 Å². The van der Waals surface area contributed by atoms with Crippen molar-refractivity contribution < 1.29 is 44.4 Å². The molecule has 0 aliphatic carbocycles. The molecule has 0 spiro atoms. The Kier molecular flexibility index (Phi) is 11.0. The smallest absolute Gasteiger partial charge is 0.326 e. The lowest BCUT2D eigenvalue weighted by Gasteiger charge is -2.21. The second-order valence-electron chi connectivity index (χ2n) is 8.52. The number of aliphatic carboxylic acids is 2. The summed E-state index contributed by atoms with van der Waals surface area (Å²) in [7, 11) is 0. The predicted molar refractivity (Wildman–Crippen MR) is 133 cm³/mol. The minimum absolute atomic E-state index is 0.0190. The van der Waals surface area contributed by atoms with Gasteiger partial charge in [-0.25, -0.2) is 4.79 Å². The van der Waals surface area contributed by atoms with Gasteiger partial charge in [0.15, 0.2) is 0 Å². The number of carboxylic acids is 2. The van der Waals surface area contributed by atoms with Crippen LogP contribution in [0.15, 0.2) is 48.5 Å². The molecule has 3 atom stereocenters. The number of aromatic hydroxyl groups is 2. The first kappa shape index (κ1) is 29.6. The van der Waals surface area contributed by atoms with Gasteiger partial charge in [0.1, 0.15) is 23.6 Å². The molecule has 0 aromatic heterocycles. The van der Waals surface area contributed by atoms with Gasteiger partial charge >= 0.3 is 11.9 Å². The number of benzene rings is 2. The molecule has 3 unspecified atom stereocenters. The molecule has 0 saturated carbocycles. The standard InChI is InChI=1S/C25H30N4O9/c26-18(11-14-1-5-16(30)6-2-14)23(35)27-13-21(32)28-19(9-10-22(33)34)24(36)29-20(25(37)38)12-15-3-7-17(31)8-4-15/h1-8,18-20,30-31H,9-13,26H2,(H,27,35)(H,28,32)(H,29,36)(H,33,34)(H,37,38). The van der Waals surface area contributed by atoms with Crippen molar-refractivity contribution in [3.8, 4) is 11.5 Å². The zero-order valence-corrected chi connectivity index (χ0v) is 20.3. The third-order valence-electron chi connectivity index (χ3n) is 5.44. The number of carboxylic acid groups (broad SMARTS) is 2. The van der Waals surface area contributed by atoms with Gasteiger partial charge in [0.2, 0.25) is 17.7 Å². The van der Waals surface area contributed by atoms with E-state index in [1.165, 1.54) is 36.4 Å². The number of nitrogens with two attached hydrogens (primary N) is 1. The molecule has 0 aliphatic heterocycles. The van der Waals surface area contributed by atoms with Crippen molar-refractivity contribution in [3.63, 3.8) is 0 Å². The van der Waals surface area contributed by atoms with Crippen LogP contribution in [0.1, 0.15) is 24.0 Å². The van der Waals surface area contributed by atoms with E-state index in [0.29, 0.717) is 11.1 Å². The van der Waals surface area contributed by atoms with E-state index in [-0.39, 0.29) is 30.8 Å². The minimum Gasteiger partial charge on any atom is -0.508 e. The number of hydrogen-bond acceptors (Lipinski definition) is 8. The Hall–Kier alpha value is -4.65. The first-order chi connectivity index (χ1) is 17.9. The molecule has 38 heavy (non-hydrogen) atoms. The fourth-order valence-corrected chi connectivity index (χ4v) is 3.40. The normalized spacial score (nSPS) is 13.0. The van der Waals surface area contributed by atoms with Crippen molar-refractivity contribution in [2.75, 3.05) is 6.54 Å². The van der Waals surface area contributed by atoms with Crippen LogP contribution in [0.3, 0.4) is 0 Å². The van der Waals surface area contributed by atoms with E-state index in [0.717, 1.165) is 0 Å². The summed E-state index contributed by atoms with van der Waals surface area (Å²) in [5.74, 6) is -4.93. The molecule has 204 valence electrons. The van der Waals surface area contributed by atoms with Crippen LogP contribution in [-0.4, -0.2) is 74.8 Å². The third-order valence-corrected chi connectivity index (χ3v) is 5.44. The van der Waals surface area contributed by atoms with E-state index in [4.69, 9.17) is 10.8 Å². The van der Waals surface area contributed by atoms with Gasteiger partial charge in [-0.15, -0.1) is 0 Å². The molecule has 2 aromatic carbocycles. The average molecular weight is 531 g/mol. The predicted octanol–water partition coefficient (Wildman–Crippen LogP) is -0.754. The highest BCUT2D eigenvalue weighted by Gasteiger charge is 2.27. The van der Waals surface area contributed by atoms with Gasteiger partial charge in [-0.3, -0.25) is 19.2 Å². The van der Waals surface area contributed by atoms with Gasteiger partial charge in [-0.05, 0) is 48.2 Å². The summed E-state index contributed by atoms with van der Waals surface area (Å²) >= 11 is 0. The van der Waals surface area contributed by atoms with Crippen molar-refractivity contribution in [3.05, 3.63) is 59.7 Å². The van der Waals surface area contributed by atoms with Crippen molar-refractivity contribution in [1.29, 1.82) is 0 Å². The van der Waals surface area contributed by atoms with E-state index in [1.54, 1.807) is 12.1 Å². The molecule has 0 saturated heterocycles. The van der Waals surface area contributed by atoms with E-state index in [2.05, 4.69) is 16.0 Å². The summed E-state index contributed by atoms with van der Waals surface area (Å²) in [6.45, 7) is -0.561. The fraction of sp³-hybridized carbons (Fsp3) is 0.320. The molecule has 0 bridgehead atoms. The Bertz CT molecular complexity index is 1140. The number of phenolic OH excluding ortho intramolecular Hbond substituents is 2. The number of rotatable bonds is 14. The van der Waals surface area contributed by atoms with Crippen molar-refractivity contribution in [2.45, 2.75) is 43.8 Å². The first-order valence-corrected chi connectivity index (χ1v) is 11.6. The molecular weight excluding hydrogens is 500 g/mol. The topological polar surface area (TPSA) is 228 Å². The number of carbonyl (C=O) groups is 5. The monoisotopic (exact) mass is 530 g/mol. The summed E-state index contributed by atoms with van der Waals surface area (Å²) in [6, 6.07) is 7.95. The minimum atomic E-state index is -1.39. The zero-order valence-electron chi connectivity index (χ0n) is 20.3. The molecule has 3 amide bonds. The number of phenols is 2. The van der Waals surface area contributed by atoms with E-state index in [1.807, 2.05) is 0 Å². The molecule has 2 aromatic rings. The molecule has 13 heteroatoms. The summed E-state index contributed by atoms with van der Waals surface area (Å²) in [5, 5.41) is 44.1. The third kappa shape index (κ3) is 10.1. The van der Waals surface area contributed by atoms with Crippen LogP contribution < -0.4 is 21.7 Å². The second kappa shape index (κ2) is 14.2. The van der Waals surface area contributed by atoms with Crippen molar-refractivity contribution >= 4 is 29.7 Å². The van der Waals surface area contributed by atoms with Gasteiger partial charge in [0, 0.05) is 12.8 Å². The Morgan fingerprint density at radius 2 is 1.26 bits per heavy atom. The van der Waals surface area contributed by atoms with Gasteiger partial charge in [0.25, 0.3) is 0 Å². The highest BCUT2D eigenvalue weighted by atomic mass is 16.4. The van der Waals surface area contributed by atoms with E-state index < -0.39 is 60.8 Å². The number of nitrogens with one attached hydrogen (secondary N) is 3. The second-order valence-corrected chi connectivity index (χ2v) is 8.52. The molecule has 0 heterocycles. The Balaban J connectivity index is 1.96. The first-order valence-electron chi connectivity index (χ1n) is 11.6. The summed E-state index contributed by atoms with van der Waals surface area (Å²) < 4.78 is 0. The van der Waals surface area contributed by atoms with Crippen LogP contribution in [0.2, 0.25) is 0 Å². The fourth-order valence-electron chi connectivity index (χ4n) is 3.40.